The van der Waals surface area contributed by atoms with Crippen LogP contribution in [0.1, 0.15) is 73.2 Å². The van der Waals surface area contributed by atoms with Crippen LogP contribution in [0.5, 0.6) is 0 Å². The molecule has 0 aliphatic carbocycles. The molecule has 0 spiro atoms. The van der Waals surface area contributed by atoms with Crippen molar-refractivity contribution in [2.75, 3.05) is 5.01 Å². The van der Waals surface area contributed by atoms with Crippen molar-refractivity contribution in [2.24, 2.45) is 0 Å². The number of hydrazine groups is 1. The summed E-state index contributed by atoms with van der Waals surface area (Å²) < 4.78 is 0. The van der Waals surface area contributed by atoms with Gasteiger partial charge in [-0.15, -0.1) is 0 Å². The zero-order valence-electron chi connectivity index (χ0n) is 20.4. The van der Waals surface area contributed by atoms with E-state index in [9.17, 15) is 9.59 Å². The van der Waals surface area contributed by atoms with Gasteiger partial charge in [-0.2, -0.15) is 0 Å². The molecular formula is C30H32N2O2. The van der Waals surface area contributed by atoms with E-state index in [0.717, 1.165) is 19.3 Å². The number of carbonyl (C=O) groups is 2. The Morgan fingerprint density at radius 2 is 1.29 bits per heavy atom. The zero-order chi connectivity index (χ0) is 24.6. The molecule has 0 saturated heterocycles. The summed E-state index contributed by atoms with van der Waals surface area (Å²) in [5.74, 6) is 5.91. The SMILES string of the molecule is CCCCC#Cc1ccccc1N(C(=O)c1ccccc1)N(C(=O)c1ccccc1)C(C)(C)C. The third-order valence-corrected chi connectivity index (χ3v) is 5.27. The molecule has 0 saturated carbocycles. The molecule has 34 heavy (non-hydrogen) atoms. The van der Waals surface area contributed by atoms with Gasteiger partial charge in [0.15, 0.2) is 0 Å². The molecule has 3 aromatic carbocycles. The Bertz CT molecular complexity index is 1170. The first kappa shape index (κ1) is 24.8. The van der Waals surface area contributed by atoms with Crippen LogP contribution in [-0.2, 0) is 0 Å². The molecule has 0 N–H and O–H groups in total. The van der Waals surface area contributed by atoms with Gasteiger partial charge in [0.1, 0.15) is 0 Å². The molecule has 0 aliphatic heterocycles. The van der Waals surface area contributed by atoms with E-state index in [0.29, 0.717) is 22.4 Å². The normalized spacial score (nSPS) is 10.7. The Labute approximate surface area is 203 Å². The largest absolute Gasteiger partial charge is 0.277 e. The molecule has 3 rings (SSSR count). The van der Waals surface area contributed by atoms with Gasteiger partial charge in [0.2, 0.25) is 0 Å². The van der Waals surface area contributed by atoms with Gasteiger partial charge in [-0.1, -0.05) is 73.7 Å². The first-order chi connectivity index (χ1) is 16.3. The van der Waals surface area contributed by atoms with Crippen molar-refractivity contribution >= 4 is 17.5 Å². The van der Waals surface area contributed by atoms with E-state index in [4.69, 9.17) is 0 Å². The molecular weight excluding hydrogens is 420 g/mol. The summed E-state index contributed by atoms with van der Waals surface area (Å²) in [6.45, 7) is 7.91. The monoisotopic (exact) mass is 452 g/mol. The van der Waals surface area contributed by atoms with Crippen molar-refractivity contribution in [2.45, 2.75) is 52.5 Å². The Hall–Kier alpha value is -3.84. The lowest BCUT2D eigenvalue weighted by Crippen LogP contribution is -2.58. The van der Waals surface area contributed by atoms with Crippen LogP contribution < -0.4 is 5.01 Å². The van der Waals surface area contributed by atoms with Crippen molar-refractivity contribution in [1.29, 1.82) is 0 Å². The number of para-hydroxylation sites is 1. The van der Waals surface area contributed by atoms with Gasteiger partial charge in [0.05, 0.1) is 16.8 Å². The lowest BCUT2D eigenvalue weighted by Gasteiger charge is -2.43. The second-order valence-electron chi connectivity index (χ2n) is 9.06. The van der Waals surface area contributed by atoms with Crippen molar-refractivity contribution in [3.63, 3.8) is 0 Å². The molecule has 0 aromatic heterocycles. The van der Waals surface area contributed by atoms with Crippen LogP contribution in [0.2, 0.25) is 0 Å². The molecule has 4 heteroatoms. The van der Waals surface area contributed by atoms with Gasteiger partial charge < -0.3 is 0 Å². The molecule has 4 nitrogen and oxygen atoms in total. The topological polar surface area (TPSA) is 40.6 Å². The molecule has 2 amide bonds. The van der Waals surface area contributed by atoms with E-state index in [-0.39, 0.29) is 11.8 Å². The molecule has 3 aromatic rings. The Morgan fingerprint density at radius 3 is 1.85 bits per heavy atom. The summed E-state index contributed by atoms with van der Waals surface area (Å²) in [4.78, 5) is 27.8. The van der Waals surface area contributed by atoms with E-state index < -0.39 is 5.54 Å². The third-order valence-electron chi connectivity index (χ3n) is 5.27. The van der Waals surface area contributed by atoms with E-state index in [1.165, 1.54) is 5.01 Å². The first-order valence-corrected chi connectivity index (χ1v) is 11.7. The lowest BCUT2D eigenvalue weighted by atomic mass is 10.0. The molecule has 0 unspecified atom stereocenters. The predicted molar refractivity (Wildman–Crippen MR) is 138 cm³/mol. The quantitative estimate of drug-likeness (QED) is 0.245. The highest BCUT2D eigenvalue weighted by Crippen LogP contribution is 2.30. The Balaban J connectivity index is 2.20. The molecule has 0 bridgehead atoms. The van der Waals surface area contributed by atoms with E-state index in [2.05, 4.69) is 18.8 Å². The van der Waals surface area contributed by atoms with Gasteiger partial charge in [0, 0.05) is 17.5 Å². The maximum Gasteiger partial charge on any atom is 0.277 e. The maximum absolute atomic E-state index is 14.0. The van der Waals surface area contributed by atoms with Crippen molar-refractivity contribution in [3.05, 3.63) is 102 Å². The van der Waals surface area contributed by atoms with Crippen LogP contribution in [0.25, 0.3) is 0 Å². The van der Waals surface area contributed by atoms with Crippen LogP contribution in [0.3, 0.4) is 0 Å². The highest BCUT2D eigenvalue weighted by Gasteiger charge is 2.37. The number of unbranched alkanes of at least 4 members (excludes halogenated alkanes) is 2. The molecule has 174 valence electrons. The molecule has 0 atom stereocenters. The van der Waals surface area contributed by atoms with Gasteiger partial charge in [0.25, 0.3) is 11.8 Å². The van der Waals surface area contributed by atoms with Crippen LogP contribution >= 0.6 is 0 Å². The summed E-state index contributed by atoms with van der Waals surface area (Å²) in [6, 6.07) is 25.6. The number of hydrogen-bond donors (Lipinski definition) is 0. The maximum atomic E-state index is 14.0. The van der Waals surface area contributed by atoms with Gasteiger partial charge in [-0.25, -0.2) is 10.0 Å². The van der Waals surface area contributed by atoms with E-state index in [1.54, 1.807) is 29.3 Å². The highest BCUT2D eigenvalue weighted by molar-refractivity contribution is 6.09. The number of hydrogen-bond acceptors (Lipinski definition) is 2. The number of amides is 2. The van der Waals surface area contributed by atoms with Crippen molar-refractivity contribution in [1.82, 2.24) is 5.01 Å². The predicted octanol–water partition coefficient (Wildman–Crippen LogP) is 6.73. The smallest absolute Gasteiger partial charge is 0.267 e. The fourth-order valence-electron chi connectivity index (χ4n) is 3.60. The minimum Gasteiger partial charge on any atom is -0.267 e. The van der Waals surface area contributed by atoms with E-state index >= 15 is 0 Å². The van der Waals surface area contributed by atoms with Crippen molar-refractivity contribution in [3.8, 4) is 11.8 Å². The zero-order valence-corrected chi connectivity index (χ0v) is 20.4. The second kappa shape index (κ2) is 11.3. The van der Waals surface area contributed by atoms with Gasteiger partial charge in [-0.3, -0.25) is 9.59 Å². The standard InChI is InChI=1S/C30H32N2O2/c1-5-6-7-10-17-24-18-15-16-23-27(24)31(28(33)25-19-11-8-12-20-25)32(30(2,3)4)29(34)26-21-13-9-14-22-26/h8-9,11-16,18-23H,5-7H2,1-4H3. The third kappa shape index (κ3) is 5.94. The second-order valence-corrected chi connectivity index (χ2v) is 9.06. The van der Waals surface area contributed by atoms with Crippen molar-refractivity contribution < 1.29 is 9.59 Å². The molecule has 0 aliphatic rings. The van der Waals surface area contributed by atoms with E-state index in [1.807, 2.05) is 81.4 Å². The molecule has 0 fully saturated rings. The van der Waals surface area contributed by atoms with Gasteiger partial charge >= 0.3 is 0 Å². The summed E-state index contributed by atoms with van der Waals surface area (Å²) in [5.41, 5.74) is 1.60. The first-order valence-electron chi connectivity index (χ1n) is 11.7. The summed E-state index contributed by atoms with van der Waals surface area (Å²) in [7, 11) is 0. The molecule has 0 heterocycles. The number of benzene rings is 3. The average molecular weight is 453 g/mol. The summed E-state index contributed by atoms with van der Waals surface area (Å²) in [6.07, 6.45) is 2.87. The van der Waals surface area contributed by atoms with Gasteiger partial charge in [-0.05, 0) is 63.6 Å². The molecule has 0 radical (unpaired) electrons. The summed E-state index contributed by atoms with van der Waals surface area (Å²) in [5, 5.41) is 3.04. The van der Waals surface area contributed by atoms with Crippen LogP contribution in [-0.4, -0.2) is 22.4 Å². The van der Waals surface area contributed by atoms with Crippen LogP contribution in [0.4, 0.5) is 5.69 Å². The van der Waals surface area contributed by atoms with Crippen LogP contribution in [0.15, 0.2) is 84.9 Å². The Kier molecular flexibility index (Phi) is 8.27. The number of rotatable bonds is 5. The minimum atomic E-state index is -0.694. The highest BCUT2D eigenvalue weighted by atomic mass is 16.2. The minimum absolute atomic E-state index is 0.258. The number of carbonyl (C=O) groups excluding carboxylic acids is 2. The average Bonchev–Trinajstić information content (AvgIpc) is 2.85. The lowest BCUT2D eigenvalue weighted by molar-refractivity contribution is 0.0495. The fourth-order valence-corrected chi connectivity index (χ4v) is 3.60. The number of anilines is 1. The summed E-state index contributed by atoms with van der Waals surface area (Å²) >= 11 is 0. The Morgan fingerprint density at radius 1 is 0.765 bits per heavy atom. The fraction of sp³-hybridized carbons (Fsp3) is 0.267. The number of nitrogens with zero attached hydrogens (tertiary/aromatic N) is 2. The van der Waals surface area contributed by atoms with Crippen LogP contribution in [0, 0.1) is 11.8 Å².